The summed E-state index contributed by atoms with van der Waals surface area (Å²) < 4.78 is 0. The smallest absolute Gasteiger partial charge is 0.333 e. The van der Waals surface area contributed by atoms with Crippen molar-refractivity contribution in [3.8, 4) is 0 Å². The average molecular weight is 211 g/mol. The Morgan fingerprint density at radius 2 is 2.20 bits per heavy atom. The van der Waals surface area contributed by atoms with E-state index in [9.17, 15) is 9.59 Å². The van der Waals surface area contributed by atoms with E-state index < -0.39 is 17.5 Å². The largest absolute Gasteiger partial charge is 0.481 e. The van der Waals surface area contributed by atoms with E-state index in [2.05, 4.69) is 5.32 Å². The zero-order chi connectivity index (χ0) is 11.5. The summed E-state index contributed by atoms with van der Waals surface area (Å²) in [6, 6.07) is 0. The van der Waals surface area contributed by atoms with Gasteiger partial charge in [0.1, 0.15) is 0 Å². The molecule has 0 spiro atoms. The van der Waals surface area contributed by atoms with E-state index >= 15 is 0 Å². The second-order valence-electron chi connectivity index (χ2n) is 3.42. The van der Waals surface area contributed by atoms with Crippen molar-refractivity contribution in [1.29, 1.82) is 0 Å². The van der Waals surface area contributed by atoms with Crippen LogP contribution in [0.5, 0.6) is 0 Å². The van der Waals surface area contributed by atoms with Crippen LogP contribution in [-0.4, -0.2) is 34.7 Å². The molecule has 82 valence electrons. The summed E-state index contributed by atoms with van der Waals surface area (Å²) in [7, 11) is 1.57. The Labute approximate surface area is 87.1 Å². The molecule has 5 nitrogen and oxygen atoms in total. The molecule has 5 heteroatoms. The predicted octanol–water partition coefficient (Wildman–Crippen LogP) is 0.390. The number of carboxylic acid groups (broad SMARTS) is 2. The molecule has 0 saturated heterocycles. The quantitative estimate of drug-likeness (QED) is 0.626. The van der Waals surface area contributed by atoms with Crippen LogP contribution in [0.15, 0.2) is 23.8 Å². The molecule has 3 N–H and O–H groups in total. The van der Waals surface area contributed by atoms with Gasteiger partial charge in [-0.05, 0) is 13.5 Å². The average Bonchev–Trinajstić information content (AvgIpc) is 2.17. The van der Waals surface area contributed by atoms with Crippen molar-refractivity contribution in [1.82, 2.24) is 5.32 Å². The van der Waals surface area contributed by atoms with Crippen LogP contribution in [0, 0.1) is 0 Å². The molecule has 0 radical (unpaired) electrons. The van der Waals surface area contributed by atoms with Gasteiger partial charge in [0.25, 0.3) is 0 Å². The number of hydrogen-bond donors (Lipinski definition) is 3. The molecule has 15 heavy (non-hydrogen) atoms. The van der Waals surface area contributed by atoms with Gasteiger partial charge in [0, 0.05) is 0 Å². The first kappa shape index (κ1) is 11.5. The van der Waals surface area contributed by atoms with Crippen LogP contribution >= 0.6 is 0 Å². The van der Waals surface area contributed by atoms with Gasteiger partial charge in [-0.25, -0.2) is 4.79 Å². The predicted molar refractivity (Wildman–Crippen MR) is 53.5 cm³/mol. The normalized spacial score (nSPS) is 24.7. The number of nitrogens with one attached hydrogen (secondary N) is 1. The van der Waals surface area contributed by atoms with E-state index in [1.165, 1.54) is 6.08 Å². The van der Waals surface area contributed by atoms with Crippen molar-refractivity contribution in [3.05, 3.63) is 23.8 Å². The number of hydrogen-bond acceptors (Lipinski definition) is 3. The first-order valence-corrected chi connectivity index (χ1v) is 4.53. The lowest BCUT2D eigenvalue weighted by atomic mass is 9.80. The minimum Gasteiger partial charge on any atom is -0.481 e. The van der Waals surface area contributed by atoms with Gasteiger partial charge in [0.05, 0.1) is 17.5 Å². The molecule has 1 aliphatic rings. The van der Waals surface area contributed by atoms with Crippen LogP contribution < -0.4 is 5.32 Å². The summed E-state index contributed by atoms with van der Waals surface area (Å²) in [4.78, 5) is 21.7. The van der Waals surface area contributed by atoms with Crippen molar-refractivity contribution in [2.45, 2.75) is 18.4 Å². The molecule has 0 bridgehead atoms. The molecule has 0 aromatic rings. The van der Waals surface area contributed by atoms with E-state index in [-0.39, 0.29) is 12.0 Å². The number of allylic oxidation sites excluding steroid dienone is 2. The summed E-state index contributed by atoms with van der Waals surface area (Å²) in [6.45, 7) is 0. The van der Waals surface area contributed by atoms with Crippen LogP contribution in [0.1, 0.15) is 12.8 Å². The summed E-state index contributed by atoms with van der Waals surface area (Å²) in [5, 5.41) is 20.6. The fraction of sp³-hybridized carbons (Fsp3) is 0.400. The summed E-state index contributed by atoms with van der Waals surface area (Å²) >= 11 is 0. The summed E-state index contributed by atoms with van der Waals surface area (Å²) in [5.74, 6) is -2.11. The monoisotopic (exact) mass is 211 g/mol. The Hall–Kier alpha value is -1.62. The third-order valence-corrected chi connectivity index (χ3v) is 2.54. The van der Waals surface area contributed by atoms with Gasteiger partial charge in [0.2, 0.25) is 0 Å². The second-order valence-corrected chi connectivity index (χ2v) is 3.42. The Bertz CT molecular complexity index is 345. The van der Waals surface area contributed by atoms with Crippen LogP contribution in [0.2, 0.25) is 0 Å². The number of carboxylic acids is 2. The van der Waals surface area contributed by atoms with Crippen LogP contribution in [0.3, 0.4) is 0 Å². The Morgan fingerprint density at radius 1 is 1.53 bits per heavy atom. The van der Waals surface area contributed by atoms with Gasteiger partial charge >= 0.3 is 11.9 Å². The number of aliphatic carboxylic acids is 2. The highest BCUT2D eigenvalue weighted by Crippen LogP contribution is 2.29. The number of likely N-dealkylation sites (N-methyl/N-ethyl adjacent to an activating group) is 1. The lowest BCUT2D eigenvalue weighted by Gasteiger charge is -2.33. The highest BCUT2D eigenvalue weighted by molar-refractivity contribution is 5.91. The van der Waals surface area contributed by atoms with Gasteiger partial charge in [-0.15, -0.1) is 0 Å². The molecule has 0 aromatic carbocycles. The molecule has 1 aliphatic carbocycles. The Morgan fingerprint density at radius 3 is 2.67 bits per heavy atom. The Kier molecular flexibility index (Phi) is 3.26. The van der Waals surface area contributed by atoms with Gasteiger partial charge < -0.3 is 15.5 Å². The van der Waals surface area contributed by atoms with Crippen molar-refractivity contribution in [3.63, 3.8) is 0 Å². The van der Waals surface area contributed by atoms with Gasteiger partial charge in [-0.1, -0.05) is 18.2 Å². The van der Waals surface area contributed by atoms with Gasteiger partial charge in [0.15, 0.2) is 0 Å². The highest BCUT2D eigenvalue weighted by atomic mass is 16.4. The Balaban J connectivity index is 3.07. The molecule has 0 aliphatic heterocycles. The highest BCUT2D eigenvalue weighted by Gasteiger charge is 2.38. The maximum atomic E-state index is 11.0. The van der Waals surface area contributed by atoms with Crippen LogP contribution in [-0.2, 0) is 9.59 Å². The number of carbonyl (C=O) groups is 2. The van der Waals surface area contributed by atoms with Crippen molar-refractivity contribution >= 4 is 11.9 Å². The third-order valence-electron chi connectivity index (χ3n) is 2.54. The maximum absolute atomic E-state index is 11.0. The standard InChI is InChI=1S/C10H13NO4/c1-11-10(6-8(12)13)5-3-2-4-7(10)9(14)15/h2-4,11H,5-6H2,1H3,(H,12,13)(H,14,15)/t10-/m0/s1. The first-order chi connectivity index (χ1) is 7.02. The van der Waals surface area contributed by atoms with E-state index in [1.807, 2.05) is 0 Å². The van der Waals surface area contributed by atoms with E-state index in [0.29, 0.717) is 6.42 Å². The molecule has 1 rings (SSSR count). The zero-order valence-corrected chi connectivity index (χ0v) is 8.36. The fourth-order valence-electron chi connectivity index (χ4n) is 1.73. The zero-order valence-electron chi connectivity index (χ0n) is 8.36. The first-order valence-electron chi connectivity index (χ1n) is 4.53. The van der Waals surface area contributed by atoms with Crippen molar-refractivity contribution in [2.24, 2.45) is 0 Å². The molecule has 0 heterocycles. The lowest BCUT2D eigenvalue weighted by Crippen LogP contribution is -2.49. The van der Waals surface area contributed by atoms with E-state index in [4.69, 9.17) is 10.2 Å². The lowest BCUT2D eigenvalue weighted by molar-refractivity contribution is -0.138. The van der Waals surface area contributed by atoms with Crippen LogP contribution in [0.4, 0.5) is 0 Å². The van der Waals surface area contributed by atoms with Gasteiger partial charge in [-0.3, -0.25) is 4.79 Å². The molecule has 0 amide bonds. The summed E-state index contributed by atoms with van der Waals surface area (Å²) in [6.07, 6.45) is 4.94. The molecule has 0 fully saturated rings. The van der Waals surface area contributed by atoms with Crippen molar-refractivity contribution in [2.75, 3.05) is 7.05 Å². The third kappa shape index (κ3) is 2.24. The second kappa shape index (κ2) is 4.27. The minimum atomic E-state index is -1.09. The maximum Gasteiger partial charge on any atom is 0.333 e. The van der Waals surface area contributed by atoms with Crippen molar-refractivity contribution < 1.29 is 19.8 Å². The molecule has 0 aromatic heterocycles. The van der Waals surface area contributed by atoms with E-state index in [1.54, 1.807) is 19.2 Å². The summed E-state index contributed by atoms with van der Waals surface area (Å²) in [5.41, 5.74) is -0.901. The molecule has 1 atom stereocenters. The SMILES string of the molecule is CN[C@]1(CC(=O)O)CC=CC=C1C(=O)O. The van der Waals surface area contributed by atoms with Gasteiger partial charge in [-0.2, -0.15) is 0 Å². The molecule has 0 saturated carbocycles. The molecule has 0 unspecified atom stereocenters. The minimum absolute atomic E-state index is 0.0925. The fourth-order valence-corrected chi connectivity index (χ4v) is 1.73. The molecular weight excluding hydrogens is 198 g/mol. The molecular formula is C10H13NO4. The topological polar surface area (TPSA) is 86.6 Å². The van der Waals surface area contributed by atoms with E-state index in [0.717, 1.165) is 0 Å². The van der Waals surface area contributed by atoms with Crippen LogP contribution in [0.25, 0.3) is 0 Å². The number of rotatable bonds is 4.